The van der Waals surface area contributed by atoms with Crippen LogP contribution in [-0.4, -0.2) is 0 Å². The largest absolute Gasteiger partial charge is 0.456 e. The topological polar surface area (TPSA) is 16.4 Å². The highest BCUT2D eigenvalue weighted by Gasteiger charge is 2.47. The number of nitrogens with zero attached hydrogens (tertiary/aromatic N) is 1. The number of furan rings is 1. The fourth-order valence-corrected chi connectivity index (χ4v) is 11.0. The third kappa shape index (κ3) is 6.18. The van der Waals surface area contributed by atoms with E-state index in [9.17, 15) is 0 Å². The second-order valence-electron chi connectivity index (χ2n) is 17.5. The van der Waals surface area contributed by atoms with Crippen molar-refractivity contribution in [1.82, 2.24) is 0 Å². The first-order chi connectivity index (χ1) is 33.2. The van der Waals surface area contributed by atoms with E-state index >= 15 is 0 Å². The lowest BCUT2D eigenvalue weighted by Crippen LogP contribution is -2.28. The third-order valence-electron chi connectivity index (χ3n) is 14.0. The van der Waals surface area contributed by atoms with Crippen LogP contribution in [0.3, 0.4) is 0 Å². The molecule has 0 unspecified atom stereocenters. The quantitative estimate of drug-likeness (QED) is 0.151. The van der Waals surface area contributed by atoms with Crippen molar-refractivity contribution < 1.29 is 4.42 Å². The van der Waals surface area contributed by atoms with Gasteiger partial charge in [-0.3, -0.25) is 0 Å². The summed E-state index contributed by atoms with van der Waals surface area (Å²) in [5.41, 5.74) is 19.0. The van der Waals surface area contributed by atoms with Crippen LogP contribution in [0.4, 0.5) is 17.1 Å². The van der Waals surface area contributed by atoms with Crippen molar-refractivity contribution in [2.45, 2.75) is 5.41 Å². The minimum absolute atomic E-state index is 0.540. The SMILES string of the molecule is c1ccc(C2(c3ccccc3)c3ccccc3-c3c(N(c4ccc(-c5ccc6c(c5)oc5ccccc56)cc4)c4ccccc4-c4cccc(-c5cccc6ccccc56)c4)cccc32)cc1. The summed E-state index contributed by atoms with van der Waals surface area (Å²) in [6, 6.07) is 95.2. The predicted octanol–water partition coefficient (Wildman–Crippen LogP) is 17.6. The molecule has 0 aliphatic heterocycles. The van der Waals surface area contributed by atoms with Gasteiger partial charge in [0.25, 0.3) is 0 Å². The van der Waals surface area contributed by atoms with Crippen LogP contribution in [0.5, 0.6) is 0 Å². The monoisotopic (exact) mass is 853 g/mol. The Kier molecular flexibility index (Phi) is 9.11. The van der Waals surface area contributed by atoms with Crippen LogP contribution >= 0.6 is 0 Å². The van der Waals surface area contributed by atoms with Gasteiger partial charge in [0, 0.05) is 27.6 Å². The van der Waals surface area contributed by atoms with Gasteiger partial charge in [0.1, 0.15) is 11.2 Å². The van der Waals surface area contributed by atoms with Gasteiger partial charge in [0.05, 0.1) is 16.8 Å². The van der Waals surface area contributed by atoms with Gasteiger partial charge in [0.2, 0.25) is 0 Å². The minimum Gasteiger partial charge on any atom is -0.456 e. The average molecular weight is 854 g/mol. The Labute approximate surface area is 390 Å². The van der Waals surface area contributed by atoms with Gasteiger partial charge in [-0.15, -0.1) is 0 Å². The van der Waals surface area contributed by atoms with Gasteiger partial charge in [0.15, 0.2) is 0 Å². The molecule has 11 aromatic carbocycles. The van der Waals surface area contributed by atoms with Crippen LogP contribution in [0.2, 0.25) is 0 Å². The number of hydrogen-bond acceptors (Lipinski definition) is 2. The molecule has 1 heterocycles. The van der Waals surface area contributed by atoms with Crippen molar-refractivity contribution in [3.8, 4) is 44.5 Å². The molecule has 67 heavy (non-hydrogen) atoms. The lowest BCUT2D eigenvalue weighted by Gasteiger charge is -2.34. The molecule has 1 aliphatic carbocycles. The summed E-state index contributed by atoms with van der Waals surface area (Å²) >= 11 is 0. The molecule has 2 nitrogen and oxygen atoms in total. The standard InChI is InChI=1S/C65H43NO/c1-3-22-49(23-4-1)65(50-24-5-2-6-25-50)58-31-12-9-29-57(58)64-59(65)32-17-34-61(64)66(51-39-36-44(37-40-51)46-38-41-56-55-28-11-14-35-62(55)67-63(56)43-46)60-33-13-10-27-54(60)48-21-15-20-47(42-48)53-30-16-19-45-18-7-8-26-52(45)53/h1-43H. The fourth-order valence-electron chi connectivity index (χ4n) is 11.0. The molecule has 0 fully saturated rings. The first-order valence-electron chi connectivity index (χ1n) is 23.1. The summed E-state index contributed by atoms with van der Waals surface area (Å²) in [5, 5.41) is 4.74. The number of rotatable bonds is 8. The van der Waals surface area contributed by atoms with Crippen molar-refractivity contribution >= 4 is 49.8 Å². The highest BCUT2D eigenvalue weighted by Crippen LogP contribution is 2.60. The molecule has 0 saturated heterocycles. The lowest BCUT2D eigenvalue weighted by molar-refractivity contribution is 0.669. The zero-order valence-electron chi connectivity index (χ0n) is 36.7. The van der Waals surface area contributed by atoms with E-state index in [1.54, 1.807) is 0 Å². The zero-order valence-corrected chi connectivity index (χ0v) is 36.7. The molecule has 0 atom stereocenters. The Morgan fingerprint density at radius 1 is 0.313 bits per heavy atom. The predicted molar refractivity (Wildman–Crippen MR) is 280 cm³/mol. The van der Waals surface area contributed by atoms with Crippen molar-refractivity contribution in [1.29, 1.82) is 0 Å². The van der Waals surface area contributed by atoms with Gasteiger partial charge < -0.3 is 9.32 Å². The van der Waals surface area contributed by atoms with Crippen LogP contribution in [0.25, 0.3) is 77.2 Å². The van der Waals surface area contributed by atoms with Crippen molar-refractivity contribution in [3.63, 3.8) is 0 Å². The second-order valence-corrected chi connectivity index (χ2v) is 17.5. The van der Waals surface area contributed by atoms with Gasteiger partial charge in [-0.25, -0.2) is 0 Å². The maximum atomic E-state index is 6.35. The van der Waals surface area contributed by atoms with E-state index < -0.39 is 5.41 Å². The van der Waals surface area contributed by atoms with E-state index in [4.69, 9.17) is 4.42 Å². The molecule has 0 radical (unpaired) electrons. The summed E-state index contributed by atoms with van der Waals surface area (Å²) in [7, 11) is 0. The van der Waals surface area contributed by atoms with E-state index in [1.807, 2.05) is 12.1 Å². The smallest absolute Gasteiger partial charge is 0.136 e. The van der Waals surface area contributed by atoms with Crippen molar-refractivity contribution in [2.75, 3.05) is 4.90 Å². The summed E-state index contributed by atoms with van der Waals surface area (Å²) in [6.45, 7) is 0. The minimum atomic E-state index is -0.540. The number of hydrogen-bond donors (Lipinski definition) is 0. The first kappa shape index (κ1) is 38.7. The normalized spacial score (nSPS) is 12.6. The molecular formula is C65H43NO. The molecule has 12 aromatic rings. The number of benzene rings is 11. The third-order valence-corrected chi connectivity index (χ3v) is 14.0. The lowest BCUT2D eigenvalue weighted by atomic mass is 9.68. The Bertz CT molecular complexity index is 3760. The zero-order chi connectivity index (χ0) is 44.3. The molecule has 0 bridgehead atoms. The van der Waals surface area contributed by atoms with Gasteiger partial charge in [-0.1, -0.05) is 212 Å². The maximum Gasteiger partial charge on any atom is 0.136 e. The first-order valence-corrected chi connectivity index (χ1v) is 23.1. The highest BCUT2D eigenvalue weighted by atomic mass is 16.3. The van der Waals surface area contributed by atoms with E-state index in [0.717, 1.165) is 61.3 Å². The molecule has 0 amide bonds. The summed E-state index contributed by atoms with van der Waals surface area (Å²) in [5.74, 6) is 0. The molecule has 2 heteroatoms. The van der Waals surface area contributed by atoms with Crippen LogP contribution in [0, 0.1) is 0 Å². The maximum absolute atomic E-state index is 6.35. The second kappa shape index (κ2) is 15.8. The van der Waals surface area contributed by atoms with Gasteiger partial charge in [-0.05, 0) is 115 Å². The summed E-state index contributed by atoms with van der Waals surface area (Å²) in [6.07, 6.45) is 0. The van der Waals surface area contributed by atoms with E-state index in [2.05, 4.69) is 254 Å². The van der Waals surface area contributed by atoms with Crippen LogP contribution in [-0.2, 0) is 5.41 Å². The summed E-state index contributed by atoms with van der Waals surface area (Å²) in [4.78, 5) is 2.49. The van der Waals surface area contributed by atoms with Gasteiger partial charge >= 0.3 is 0 Å². The van der Waals surface area contributed by atoms with Crippen molar-refractivity contribution in [3.05, 3.63) is 283 Å². The number of fused-ring (bicyclic) bond motifs is 7. The number of anilines is 3. The van der Waals surface area contributed by atoms with Gasteiger partial charge in [-0.2, -0.15) is 0 Å². The Morgan fingerprint density at radius 3 is 1.67 bits per heavy atom. The Hall–Kier alpha value is -8.72. The van der Waals surface area contributed by atoms with Crippen LogP contribution < -0.4 is 4.90 Å². The van der Waals surface area contributed by atoms with Crippen LogP contribution in [0.15, 0.2) is 265 Å². The Morgan fingerprint density at radius 2 is 0.866 bits per heavy atom. The van der Waals surface area contributed by atoms with E-state index in [0.29, 0.717) is 0 Å². The Balaban J connectivity index is 1.03. The van der Waals surface area contributed by atoms with E-state index in [1.165, 1.54) is 55.3 Å². The molecule has 314 valence electrons. The highest BCUT2D eigenvalue weighted by molar-refractivity contribution is 6.06. The van der Waals surface area contributed by atoms with Crippen molar-refractivity contribution in [2.24, 2.45) is 0 Å². The molecule has 0 N–H and O–H groups in total. The van der Waals surface area contributed by atoms with Crippen LogP contribution in [0.1, 0.15) is 22.3 Å². The molecule has 1 aliphatic rings. The fraction of sp³-hybridized carbons (Fsp3) is 0.0154. The average Bonchev–Trinajstić information content (AvgIpc) is 3.93. The van der Waals surface area contributed by atoms with E-state index in [-0.39, 0.29) is 0 Å². The molecule has 13 rings (SSSR count). The molecule has 0 saturated carbocycles. The molecule has 1 aromatic heterocycles. The molecular weight excluding hydrogens is 811 g/mol. The molecule has 0 spiro atoms. The number of para-hydroxylation sites is 2. The summed E-state index contributed by atoms with van der Waals surface area (Å²) < 4.78 is 6.35.